The van der Waals surface area contributed by atoms with Gasteiger partial charge in [0.05, 0.1) is 4.90 Å². The van der Waals surface area contributed by atoms with Crippen molar-refractivity contribution in [3.05, 3.63) is 89.5 Å². The lowest BCUT2D eigenvalue weighted by Gasteiger charge is -2.12. The van der Waals surface area contributed by atoms with Gasteiger partial charge in [0.2, 0.25) is 0 Å². The molecular formula is C23H24N2O4S. The van der Waals surface area contributed by atoms with E-state index >= 15 is 0 Å². The van der Waals surface area contributed by atoms with E-state index in [9.17, 15) is 13.2 Å². The zero-order valence-corrected chi connectivity index (χ0v) is 17.7. The molecule has 0 bridgehead atoms. The molecule has 7 heteroatoms. The Morgan fingerprint density at radius 1 is 0.933 bits per heavy atom. The fraction of sp³-hybridized carbons (Fsp3) is 0.174. The van der Waals surface area contributed by atoms with Gasteiger partial charge in [-0.3, -0.25) is 9.52 Å². The molecule has 0 aliphatic carbocycles. The van der Waals surface area contributed by atoms with Crippen molar-refractivity contribution < 1.29 is 17.9 Å². The minimum absolute atomic E-state index is 0.125. The Bertz CT molecular complexity index is 1110. The highest BCUT2D eigenvalue weighted by atomic mass is 32.2. The maximum Gasteiger partial charge on any atom is 0.261 e. The van der Waals surface area contributed by atoms with Crippen molar-refractivity contribution in [2.75, 3.05) is 11.3 Å². The number of anilines is 1. The van der Waals surface area contributed by atoms with Crippen LogP contribution in [0.25, 0.3) is 0 Å². The number of carbonyl (C=O) groups excluding carboxylic acids is 1. The molecule has 156 valence electrons. The Hall–Kier alpha value is -3.32. The molecule has 0 spiro atoms. The van der Waals surface area contributed by atoms with Gasteiger partial charge in [0.1, 0.15) is 5.75 Å². The lowest BCUT2D eigenvalue weighted by Crippen LogP contribution is -2.28. The molecule has 3 aromatic carbocycles. The van der Waals surface area contributed by atoms with Crippen LogP contribution in [-0.2, 0) is 21.4 Å². The Labute approximate surface area is 177 Å². The van der Waals surface area contributed by atoms with Gasteiger partial charge in [-0.15, -0.1) is 0 Å². The summed E-state index contributed by atoms with van der Waals surface area (Å²) in [6, 6.07) is 21.1. The fourth-order valence-corrected chi connectivity index (χ4v) is 3.92. The summed E-state index contributed by atoms with van der Waals surface area (Å²) in [6.07, 6.45) is 0. The Kier molecular flexibility index (Phi) is 6.74. The van der Waals surface area contributed by atoms with Crippen molar-refractivity contribution in [3.63, 3.8) is 0 Å². The van der Waals surface area contributed by atoms with Crippen LogP contribution in [0.15, 0.2) is 77.7 Å². The number of aryl methyl sites for hydroxylation is 2. The molecule has 0 aromatic heterocycles. The largest absolute Gasteiger partial charge is 0.484 e. The van der Waals surface area contributed by atoms with Gasteiger partial charge in [-0.1, -0.05) is 48.0 Å². The monoisotopic (exact) mass is 424 g/mol. The standard InChI is InChI=1S/C23H24N2O4S/c1-17-8-10-19(11-9-17)15-24-23(26)16-29-22-13-12-21(14-18(22)2)30(27,28)25-20-6-4-3-5-7-20/h3-14,25H,15-16H2,1-2H3,(H,24,26). The van der Waals surface area contributed by atoms with Crippen molar-refractivity contribution in [1.82, 2.24) is 5.32 Å². The quantitative estimate of drug-likeness (QED) is 0.576. The molecule has 0 radical (unpaired) electrons. The number of amides is 1. The molecule has 6 nitrogen and oxygen atoms in total. The molecular weight excluding hydrogens is 400 g/mol. The number of benzene rings is 3. The SMILES string of the molecule is Cc1ccc(CNC(=O)COc2ccc(S(=O)(=O)Nc3ccccc3)cc2C)cc1. The molecule has 0 aliphatic rings. The van der Waals surface area contributed by atoms with E-state index < -0.39 is 10.0 Å². The number of rotatable bonds is 8. The summed E-state index contributed by atoms with van der Waals surface area (Å²) in [5.74, 6) is 0.205. The molecule has 3 aromatic rings. The van der Waals surface area contributed by atoms with Gasteiger partial charge in [0, 0.05) is 12.2 Å². The maximum atomic E-state index is 12.6. The molecule has 0 atom stereocenters. The van der Waals surface area contributed by atoms with Crippen molar-refractivity contribution in [2.45, 2.75) is 25.3 Å². The molecule has 0 unspecified atom stereocenters. The van der Waals surface area contributed by atoms with E-state index in [0.717, 1.165) is 11.1 Å². The molecule has 3 rings (SSSR count). The summed E-state index contributed by atoms with van der Waals surface area (Å²) < 4.78 is 33.2. The van der Waals surface area contributed by atoms with E-state index in [1.54, 1.807) is 37.3 Å². The molecule has 0 aliphatic heterocycles. The van der Waals surface area contributed by atoms with E-state index in [-0.39, 0.29) is 17.4 Å². The summed E-state index contributed by atoms with van der Waals surface area (Å²) >= 11 is 0. The highest BCUT2D eigenvalue weighted by Crippen LogP contribution is 2.23. The Morgan fingerprint density at radius 3 is 2.30 bits per heavy atom. The van der Waals surface area contributed by atoms with Gasteiger partial charge in [-0.2, -0.15) is 0 Å². The zero-order valence-electron chi connectivity index (χ0n) is 16.9. The summed E-state index contributed by atoms with van der Waals surface area (Å²) in [5.41, 5.74) is 3.27. The van der Waals surface area contributed by atoms with Crippen LogP contribution in [0.4, 0.5) is 5.69 Å². The first-order valence-corrected chi connectivity index (χ1v) is 11.0. The molecule has 0 fully saturated rings. The minimum Gasteiger partial charge on any atom is -0.484 e. The first kappa shape index (κ1) is 21.4. The van der Waals surface area contributed by atoms with Crippen LogP contribution in [0.5, 0.6) is 5.75 Å². The summed E-state index contributed by atoms with van der Waals surface area (Å²) in [6.45, 7) is 4.01. The van der Waals surface area contributed by atoms with Gasteiger partial charge in [0.15, 0.2) is 6.61 Å². The summed E-state index contributed by atoms with van der Waals surface area (Å²) in [4.78, 5) is 12.2. The van der Waals surface area contributed by atoms with Gasteiger partial charge >= 0.3 is 0 Å². The van der Waals surface area contributed by atoms with Crippen LogP contribution in [0.2, 0.25) is 0 Å². The number of carbonyl (C=O) groups is 1. The highest BCUT2D eigenvalue weighted by molar-refractivity contribution is 7.92. The van der Waals surface area contributed by atoms with Crippen LogP contribution in [-0.4, -0.2) is 20.9 Å². The second-order valence-corrected chi connectivity index (χ2v) is 8.63. The predicted octanol–water partition coefficient (Wildman–Crippen LogP) is 3.80. The van der Waals surface area contributed by atoms with Crippen LogP contribution in [0.1, 0.15) is 16.7 Å². The lowest BCUT2D eigenvalue weighted by molar-refractivity contribution is -0.123. The van der Waals surface area contributed by atoms with E-state index in [1.165, 1.54) is 12.1 Å². The first-order valence-electron chi connectivity index (χ1n) is 9.47. The topological polar surface area (TPSA) is 84.5 Å². The van der Waals surface area contributed by atoms with Gasteiger partial charge in [-0.05, 0) is 55.3 Å². The highest BCUT2D eigenvalue weighted by Gasteiger charge is 2.16. The van der Waals surface area contributed by atoms with Crippen LogP contribution >= 0.6 is 0 Å². The van der Waals surface area contributed by atoms with Crippen LogP contribution in [0.3, 0.4) is 0 Å². The number of hydrogen-bond donors (Lipinski definition) is 2. The third-order valence-electron chi connectivity index (χ3n) is 4.45. The maximum absolute atomic E-state index is 12.6. The van der Waals surface area contributed by atoms with Gasteiger partial charge < -0.3 is 10.1 Å². The molecule has 1 amide bonds. The molecule has 0 saturated heterocycles. The summed E-state index contributed by atoms with van der Waals surface area (Å²) in [5, 5.41) is 2.80. The fourth-order valence-electron chi connectivity index (χ4n) is 2.77. The third kappa shape index (κ3) is 5.84. The lowest BCUT2D eigenvalue weighted by atomic mass is 10.1. The van der Waals surface area contributed by atoms with E-state index in [0.29, 0.717) is 23.5 Å². The predicted molar refractivity (Wildman–Crippen MR) is 117 cm³/mol. The van der Waals surface area contributed by atoms with Crippen LogP contribution < -0.4 is 14.8 Å². The van der Waals surface area contributed by atoms with Crippen molar-refractivity contribution in [2.24, 2.45) is 0 Å². The summed E-state index contributed by atoms with van der Waals surface area (Å²) in [7, 11) is -3.71. The number of ether oxygens (including phenoxy) is 1. The Morgan fingerprint density at radius 2 is 1.63 bits per heavy atom. The second kappa shape index (κ2) is 9.45. The number of nitrogens with one attached hydrogen (secondary N) is 2. The van der Waals surface area contributed by atoms with Gasteiger partial charge in [-0.25, -0.2) is 8.42 Å². The van der Waals surface area contributed by atoms with E-state index in [2.05, 4.69) is 10.0 Å². The van der Waals surface area contributed by atoms with Gasteiger partial charge in [0.25, 0.3) is 15.9 Å². The smallest absolute Gasteiger partial charge is 0.261 e. The van der Waals surface area contributed by atoms with E-state index in [1.807, 2.05) is 37.3 Å². The Balaban J connectivity index is 1.57. The van der Waals surface area contributed by atoms with Crippen molar-refractivity contribution in [1.29, 1.82) is 0 Å². The minimum atomic E-state index is -3.71. The van der Waals surface area contributed by atoms with Crippen LogP contribution in [0, 0.1) is 13.8 Å². The molecule has 2 N–H and O–H groups in total. The van der Waals surface area contributed by atoms with Crippen molar-refractivity contribution in [3.8, 4) is 5.75 Å². The average Bonchev–Trinajstić information content (AvgIpc) is 2.73. The number of hydrogen-bond acceptors (Lipinski definition) is 4. The number of para-hydroxylation sites is 1. The molecule has 30 heavy (non-hydrogen) atoms. The first-order chi connectivity index (χ1) is 14.3. The average molecular weight is 425 g/mol. The zero-order chi connectivity index (χ0) is 21.6. The second-order valence-electron chi connectivity index (χ2n) is 6.95. The number of sulfonamides is 1. The normalized spacial score (nSPS) is 11.0. The third-order valence-corrected chi connectivity index (χ3v) is 5.83. The van der Waals surface area contributed by atoms with Crippen molar-refractivity contribution >= 4 is 21.6 Å². The van der Waals surface area contributed by atoms with E-state index in [4.69, 9.17) is 4.74 Å². The molecule has 0 heterocycles. The molecule has 0 saturated carbocycles.